The lowest BCUT2D eigenvalue weighted by molar-refractivity contribution is -0.113. The fourth-order valence-electron chi connectivity index (χ4n) is 2.83. The number of rotatable bonds is 6. The Morgan fingerprint density at radius 3 is 2.45 bits per heavy atom. The molecule has 150 valence electrons. The van der Waals surface area contributed by atoms with Gasteiger partial charge < -0.3 is 10.1 Å². The number of nitrogens with one attached hydrogen (secondary N) is 1. The Balaban J connectivity index is 1.72. The van der Waals surface area contributed by atoms with Crippen molar-refractivity contribution in [2.24, 2.45) is 9.98 Å². The highest BCUT2D eigenvalue weighted by Gasteiger charge is 2.31. The number of para-hydroxylation sites is 1. The second-order valence-electron chi connectivity index (χ2n) is 6.69. The lowest BCUT2D eigenvalue weighted by atomic mass is 10.1. The van der Waals surface area contributed by atoms with Crippen LogP contribution in [0.4, 0.5) is 5.69 Å². The van der Waals surface area contributed by atoms with E-state index in [1.165, 1.54) is 18.9 Å². The zero-order chi connectivity index (χ0) is 20.9. The van der Waals surface area contributed by atoms with E-state index in [9.17, 15) is 9.59 Å². The molecule has 0 radical (unpaired) electrons. The van der Waals surface area contributed by atoms with Crippen molar-refractivity contribution in [3.8, 4) is 0 Å². The highest BCUT2D eigenvalue weighted by molar-refractivity contribution is 8.16. The van der Waals surface area contributed by atoms with Crippen LogP contribution in [0, 0.1) is 0 Å². The molecule has 1 amide bonds. The van der Waals surface area contributed by atoms with Crippen molar-refractivity contribution in [1.82, 2.24) is 0 Å². The number of hydrogen-bond donors (Lipinski definition) is 1. The maximum absolute atomic E-state index is 12.5. The van der Waals surface area contributed by atoms with E-state index in [1.54, 1.807) is 24.3 Å². The molecule has 1 aliphatic heterocycles. The molecule has 1 atom stereocenters. The van der Waals surface area contributed by atoms with Crippen molar-refractivity contribution in [1.29, 1.82) is 0 Å². The first kappa shape index (κ1) is 20.8. The highest BCUT2D eigenvalue weighted by Crippen LogP contribution is 2.29. The fourth-order valence-corrected chi connectivity index (χ4v) is 3.73. The molecular weight excluding hydrogens is 386 g/mol. The van der Waals surface area contributed by atoms with Gasteiger partial charge in [0.15, 0.2) is 0 Å². The van der Waals surface area contributed by atoms with Gasteiger partial charge in [0.25, 0.3) is 0 Å². The van der Waals surface area contributed by atoms with Crippen LogP contribution in [0.5, 0.6) is 0 Å². The minimum atomic E-state index is -0.512. The number of carbonyl (C=O) groups excluding carboxylic acids is 2. The molecule has 2 aromatic rings. The molecule has 0 aromatic heterocycles. The number of thioether (sulfide) groups is 1. The van der Waals surface area contributed by atoms with Crippen molar-refractivity contribution < 1.29 is 14.3 Å². The van der Waals surface area contributed by atoms with E-state index < -0.39 is 11.6 Å². The van der Waals surface area contributed by atoms with E-state index in [0.717, 1.165) is 22.7 Å². The number of nitrogens with zero attached hydrogens (tertiary/aromatic N) is 2. The zero-order valence-corrected chi connectivity index (χ0v) is 17.5. The van der Waals surface area contributed by atoms with Gasteiger partial charge in [-0.25, -0.2) is 9.79 Å². The Bertz CT molecular complexity index is 972. The minimum Gasteiger partial charge on any atom is -0.465 e. The number of anilines is 1. The molecule has 0 unspecified atom stereocenters. The fraction of sp³-hybridized carbons (Fsp3) is 0.273. The number of esters is 1. The molecule has 0 saturated heterocycles. The van der Waals surface area contributed by atoms with E-state index in [2.05, 4.69) is 5.32 Å². The minimum absolute atomic E-state index is 0.153. The van der Waals surface area contributed by atoms with E-state index in [4.69, 9.17) is 14.7 Å². The summed E-state index contributed by atoms with van der Waals surface area (Å²) < 4.78 is 4.77. The SMILES string of the molecule is CC[C@]1(C)N=C(SCC(=O)Nc2ccccc2C(=O)OC)C(c2ccccc2)=N1. The summed E-state index contributed by atoms with van der Waals surface area (Å²) in [6.07, 6.45) is 0.770. The van der Waals surface area contributed by atoms with Crippen LogP contribution in [-0.4, -0.2) is 41.2 Å². The van der Waals surface area contributed by atoms with Crippen LogP contribution < -0.4 is 5.32 Å². The highest BCUT2D eigenvalue weighted by atomic mass is 32.2. The molecule has 0 bridgehead atoms. The van der Waals surface area contributed by atoms with E-state index in [1.807, 2.05) is 44.2 Å². The molecule has 0 spiro atoms. The van der Waals surface area contributed by atoms with Crippen LogP contribution in [0.2, 0.25) is 0 Å². The number of ether oxygens (including phenoxy) is 1. The van der Waals surface area contributed by atoms with Gasteiger partial charge in [-0.05, 0) is 25.5 Å². The van der Waals surface area contributed by atoms with Gasteiger partial charge in [-0.3, -0.25) is 9.79 Å². The largest absolute Gasteiger partial charge is 0.465 e. The molecule has 0 saturated carbocycles. The van der Waals surface area contributed by atoms with Gasteiger partial charge in [-0.15, -0.1) is 0 Å². The summed E-state index contributed by atoms with van der Waals surface area (Å²) in [5, 5.41) is 3.53. The van der Waals surface area contributed by atoms with Crippen molar-refractivity contribution in [2.45, 2.75) is 25.9 Å². The van der Waals surface area contributed by atoms with Crippen LogP contribution in [0.1, 0.15) is 36.2 Å². The molecule has 1 heterocycles. The van der Waals surface area contributed by atoms with Crippen molar-refractivity contribution in [2.75, 3.05) is 18.2 Å². The Kier molecular flexibility index (Phi) is 6.49. The topological polar surface area (TPSA) is 80.1 Å². The van der Waals surface area contributed by atoms with Gasteiger partial charge in [0, 0.05) is 5.56 Å². The van der Waals surface area contributed by atoms with E-state index >= 15 is 0 Å². The second kappa shape index (κ2) is 9.05. The number of methoxy groups -OCH3 is 1. The number of benzene rings is 2. The van der Waals surface area contributed by atoms with Gasteiger partial charge in [0.1, 0.15) is 10.7 Å². The lowest BCUT2D eigenvalue weighted by Gasteiger charge is -2.13. The Morgan fingerprint density at radius 1 is 1.07 bits per heavy atom. The smallest absolute Gasteiger partial charge is 0.339 e. The van der Waals surface area contributed by atoms with Crippen LogP contribution >= 0.6 is 11.8 Å². The third-order valence-corrected chi connectivity index (χ3v) is 5.53. The number of carbonyl (C=O) groups is 2. The number of hydrogen-bond acceptors (Lipinski definition) is 6. The Labute approximate surface area is 174 Å². The number of amides is 1. The summed E-state index contributed by atoms with van der Waals surface area (Å²) in [4.78, 5) is 34.0. The predicted octanol–water partition coefficient (Wildman–Crippen LogP) is 4.17. The molecule has 7 heteroatoms. The van der Waals surface area contributed by atoms with E-state index in [0.29, 0.717) is 11.3 Å². The maximum atomic E-state index is 12.5. The summed E-state index contributed by atoms with van der Waals surface area (Å²) in [5.41, 5.74) is 2.02. The lowest BCUT2D eigenvalue weighted by Crippen LogP contribution is -2.19. The zero-order valence-electron chi connectivity index (χ0n) is 16.6. The normalized spacial score (nSPS) is 18.0. The molecule has 0 fully saturated rings. The van der Waals surface area contributed by atoms with E-state index in [-0.39, 0.29) is 11.7 Å². The summed E-state index contributed by atoms with van der Waals surface area (Å²) in [5.74, 6) is -0.572. The Morgan fingerprint density at radius 2 is 1.76 bits per heavy atom. The summed E-state index contributed by atoms with van der Waals surface area (Å²) >= 11 is 1.34. The Hall–Kier alpha value is -2.93. The third kappa shape index (κ3) is 4.92. The summed E-state index contributed by atoms with van der Waals surface area (Å²) in [6, 6.07) is 16.6. The third-order valence-electron chi connectivity index (χ3n) is 4.56. The van der Waals surface area contributed by atoms with Crippen LogP contribution in [0.3, 0.4) is 0 Å². The van der Waals surface area contributed by atoms with Gasteiger partial charge >= 0.3 is 5.97 Å². The monoisotopic (exact) mass is 409 g/mol. The van der Waals surface area contributed by atoms with Gasteiger partial charge in [0.2, 0.25) is 5.91 Å². The summed E-state index contributed by atoms with van der Waals surface area (Å²) in [6.45, 7) is 4.02. The molecular formula is C22H23N3O3S. The second-order valence-corrected chi connectivity index (χ2v) is 7.65. The summed E-state index contributed by atoms with van der Waals surface area (Å²) in [7, 11) is 1.31. The van der Waals surface area contributed by atoms with Crippen LogP contribution in [0.25, 0.3) is 0 Å². The standard InChI is InChI=1S/C22H23N3O3S/c1-4-22(2)24-19(15-10-6-5-7-11-15)20(25-22)29-14-18(26)23-17-13-9-8-12-16(17)21(27)28-3/h5-13H,4,14H2,1-3H3,(H,23,26)/t22-/m0/s1. The first-order valence-electron chi connectivity index (χ1n) is 9.31. The molecule has 1 aliphatic rings. The van der Waals surface area contributed by atoms with Crippen molar-refractivity contribution in [3.63, 3.8) is 0 Å². The molecule has 6 nitrogen and oxygen atoms in total. The maximum Gasteiger partial charge on any atom is 0.339 e. The molecule has 3 rings (SSSR count). The molecule has 2 aromatic carbocycles. The first-order valence-corrected chi connectivity index (χ1v) is 10.3. The average molecular weight is 410 g/mol. The van der Waals surface area contributed by atoms with Gasteiger partial charge in [0.05, 0.1) is 29.8 Å². The van der Waals surface area contributed by atoms with Crippen LogP contribution in [0.15, 0.2) is 64.6 Å². The van der Waals surface area contributed by atoms with Gasteiger partial charge in [-0.2, -0.15) is 0 Å². The number of aliphatic imine (C=N–C) groups is 2. The predicted molar refractivity (Wildman–Crippen MR) is 118 cm³/mol. The first-order chi connectivity index (χ1) is 14.0. The average Bonchev–Trinajstić information content (AvgIpc) is 3.10. The van der Waals surface area contributed by atoms with Crippen molar-refractivity contribution in [3.05, 3.63) is 65.7 Å². The van der Waals surface area contributed by atoms with Gasteiger partial charge in [-0.1, -0.05) is 61.2 Å². The van der Waals surface area contributed by atoms with Crippen LogP contribution in [-0.2, 0) is 9.53 Å². The molecule has 29 heavy (non-hydrogen) atoms. The van der Waals surface area contributed by atoms with Crippen molar-refractivity contribution >= 4 is 40.1 Å². The molecule has 0 aliphatic carbocycles. The quantitative estimate of drug-likeness (QED) is 0.726. The molecule has 1 N–H and O–H groups in total.